The summed E-state index contributed by atoms with van der Waals surface area (Å²) in [4.78, 5) is 12.4. The van der Waals surface area contributed by atoms with E-state index in [-0.39, 0.29) is 41.7 Å². The van der Waals surface area contributed by atoms with E-state index in [0.29, 0.717) is 11.3 Å². The Bertz CT molecular complexity index is 1180. The minimum Gasteiger partial charge on any atom is -0.497 e. The molecular weight excluding hydrogens is 448 g/mol. The molecule has 0 aliphatic carbocycles. The SMILES string of the molecule is COc1ccc(S(=O)(=O)N(Cc2ccccc2)c2c(OCCO)cccc2C(=O)NO)cc1. The first kappa shape index (κ1) is 24.1. The zero-order chi connectivity index (χ0) is 23.8. The number of amides is 1. The second-order valence-electron chi connectivity index (χ2n) is 6.84. The number of ether oxygens (including phenoxy) is 2. The number of aliphatic hydroxyl groups is 1. The van der Waals surface area contributed by atoms with Crippen LogP contribution in [0.1, 0.15) is 15.9 Å². The zero-order valence-corrected chi connectivity index (χ0v) is 18.7. The van der Waals surface area contributed by atoms with E-state index in [9.17, 15) is 23.5 Å². The number of nitrogens with zero attached hydrogens (tertiary/aromatic N) is 1. The monoisotopic (exact) mass is 472 g/mol. The summed E-state index contributed by atoms with van der Waals surface area (Å²) in [6, 6.07) is 19.0. The Morgan fingerprint density at radius 2 is 1.70 bits per heavy atom. The van der Waals surface area contributed by atoms with Crippen molar-refractivity contribution in [3.63, 3.8) is 0 Å². The molecule has 0 saturated carbocycles. The number of hydrogen-bond acceptors (Lipinski definition) is 7. The summed E-state index contributed by atoms with van der Waals surface area (Å²) < 4.78 is 39.4. The van der Waals surface area contributed by atoms with Gasteiger partial charge in [0.25, 0.3) is 15.9 Å². The topological polar surface area (TPSA) is 125 Å². The van der Waals surface area contributed by atoms with E-state index in [0.717, 1.165) is 4.31 Å². The van der Waals surface area contributed by atoms with Gasteiger partial charge in [0.2, 0.25) is 0 Å². The number of hydrogen-bond donors (Lipinski definition) is 3. The highest BCUT2D eigenvalue weighted by Gasteiger charge is 2.31. The van der Waals surface area contributed by atoms with Crippen LogP contribution in [0.2, 0.25) is 0 Å². The van der Waals surface area contributed by atoms with Gasteiger partial charge in [0.15, 0.2) is 0 Å². The first-order valence-corrected chi connectivity index (χ1v) is 11.4. The van der Waals surface area contributed by atoms with Gasteiger partial charge in [-0.1, -0.05) is 36.4 Å². The average molecular weight is 473 g/mol. The van der Waals surface area contributed by atoms with Crippen LogP contribution in [-0.4, -0.2) is 45.0 Å². The fourth-order valence-electron chi connectivity index (χ4n) is 3.20. The minimum absolute atomic E-state index is 0.0356. The van der Waals surface area contributed by atoms with E-state index in [1.807, 2.05) is 0 Å². The van der Waals surface area contributed by atoms with E-state index in [1.54, 1.807) is 35.8 Å². The first-order valence-electron chi connectivity index (χ1n) is 9.94. The van der Waals surface area contributed by atoms with Crippen molar-refractivity contribution in [2.24, 2.45) is 0 Å². The molecule has 0 aromatic heterocycles. The number of carbonyl (C=O) groups is 1. The fraction of sp³-hybridized carbons (Fsp3) is 0.174. The van der Waals surface area contributed by atoms with Crippen molar-refractivity contribution < 1.29 is 33.0 Å². The number of nitrogens with one attached hydrogen (secondary N) is 1. The van der Waals surface area contributed by atoms with Crippen LogP contribution in [0, 0.1) is 0 Å². The van der Waals surface area contributed by atoms with Crippen LogP contribution in [0.4, 0.5) is 5.69 Å². The number of anilines is 1. The Morgan fingerprint density at radius 1 is 1.00 bits per heavy atom. The molecule has 3 aromatic rings. The molecule has 0 heterocycles. The van der Waals surface area contributed by atoms with Gasteiger partial charge in [0, 0.05) is 0 Å². The van der Waals surface area contributed by atoms with Crippen molar-refractivity contribution in [2.45, 2.75) is 11.4 Å². The third-order valence-electron chi connectivity index (χ3n) is 4.76. The molecule has 1 amide bonds. The van der Waals surface area contributed by atoms with Gasteiger partial charge in [-0.2, -0.15) is 0 Å². The normalized spacial score (nSPS) is 11.0. The highest BCUT2D eigenvalue weighted by molar-refractivity contribution is 7.92. The van der Waals surface area contributed by atoms with Crippen LogP contribution < -0.4 is 19.3 Å². The largest absolute Gasteiger partial charge is 0.497 e. The number of carbonyl (C=O) groups excluding carboxylic acids is 1. The van der Waals surface area contributed by atoms with E-state index < -0.39 is 15.9 Å². The quantitative estimate of drug-likeness (QED) is 0.306. The van der Waals surface area contributed by atoms with E-state index >= 15 is 0 Å². The number of aliphatic hydroxyl groups excluding tert-OH is 1. The molecule has 0 radical (unpaired) electrons. The van der Waals surface area contributed by atoms with Crippen LogP contribution >= 0.6 is 0 Å². The Morgan fingerprint density at radius 3 is 2.30 bits per heavy atom. The molecule has 174 valence electrons. The van der Waals surface area contributed by atoms with Crippen LogP contribution in [0.3, 0.4) is 0 Å². The lowest BCUT2D eigenvalue weighted by Crippen LogP contribution is -2.33. The highest BCUT2D eigenvalue weighted by atomic mass is 32.2. The van der Waals surface area contributed by atoms with Gasteiger partial charge >= 0.3 is 0 Å². The number of sulfonamides is 1. The molecule has 3 N–H and O–H groups in total. The smallest absolute Gasteiger partial charge is 0.276 e. The van der Waals surface area contributed by atoms with Crippen LogP contribution in [0.25, 0.3) is 0 Å². The average Bonchev–Trinajstić information content (AvgIpc) is 2.86. The lowest BCUT2D eigenvalue weighted by molar-refractivity contribution is 0.0706. The predicted molar refractivity (Wildman–Crippen MR) is 121 cm³/mol. The van der Waals surface area contributed by atoms with E-state index in [2.05, 4.69) is 0 Å². The van der Waals surface area contributed by atoms with Crippen LogP contribution in [0.15, 0.2) is 77.7 Å². The van der Waals surface area contributed by atoms with Gasteiger partial charge in [0.05, 0.1) is 30.7 Å². The summed E-state index contributed by atoms with van der Waals surface area (Å²) in [6.07, 6.45) is 0. The van der Waals surface area contributed by atoms with Crippen molar-refractivity contribution >= 4 is 21.6 Å². The van der Waals surface area contributed by atoms with Gasteiger partial charge in [-0.05, 0) is 42.0 Å². The van der Waals surface area contributed by atoms with Gasteiger partial charge in [-0.3, -0.25) is 14.3 Å². The van der Waals surface area contributed by atoms with Gasteiger partial charge in [-0.25, -0.2) is 13.9 Å². The summed E-state index contributed by atoms with van der Waals surface area (Å²) >= 11 is 0. The highest BCUT2D eigenvalue weighted by Crippen LogP contribution is 2.37. The molecule has 33 heavy (non-hydrogen) atoms. The summed E-state index contributed by atoms with van der Waals surface area (Å²) in [5, 5.41) is 18.5. The summed E-state index contributed by atoms with van der Waals surface area (Å²) in [6.45, 7) is -0.570. The molecule has 0 aliphatic heterocycles. The first-order chi connectivity index (χ1) is 15.9. The van der Waals surface area contributed by atoms with Crippen molar-refractivity contribution in [3.05, 3.63) is 83.9 Å². The molecule has 0 aliphatic rings. The second kappa shape index (κ2) is 10.8. The maximum Gasteiger partial charge on any atom is 0.276 e. The lowest BCUT2D eigenvalue weighted by Gasteiger charge is -2.28. The number of benzene rings is 3. The Hall–Kier alpha value is -3.60. The van der Waals surface area contributed by atoms with Gasteiger partial charge < -0.3 is 14.6 Å². The number of methoxy groups -OCH3 is 1. The molecule has 0 fully saturated rings. The number of para-hydroxylation sites is 1. The third kappa shape index (κ3) is 5.43. The van der Waals surface area contributed by atoms with Crippen molar-refractivity contribution in [2.75, 3.05) is 24.6 Å². The zero-order valence-electron chi connectivity index (χ0n) is 17.8. The summed E-state index contributed by atoms with van der Waals surface area (Å²) in [5.41, 5.74) is 2.01. The molecule has 3 aromatic carbocycles. The molecular formula is C23H24N2O7S. The summed E-state index contributed by atoms with van der Waals surface area (Å²) in [7, 11) is -2.74. The van der Waals surface area contributed by atoms with Crippen LogP contribution in [0.5, 0.6) is 11.5 Å². The number of rotatable bonds is 10. The predicted octanol–water partition coefficient (Wildman–Crippen LogP) is 2.58. The molecule has 3 rings (SSSR count). The van der Waals surface area contributed by atoms with Crippen molar-refractivity contribution in [1.29, 1.82) is 0 Å². The Balaban J connectivity index is 2.24. The second-order valence-corrected chi connectivity index (χ2v) is 8.70. The van der Waals surface area contributed by atoms with Crippen LogP contribution in [-0.2, 0) is 16.6 Å². The van der Waals surface area contributed by atoms with Gasteiger partial charge in [-0.15, -0.1) is 0 Å². The maximum absolute atomic E-state index is 13.8. The maximum atomic E-state index is 13.8. The van der Waals surface area contributed by atoms with Crippen molar-refractivity contribution in [3.8, 4) is 11.5 Å². The summed E-state index contributed by atoms with van der Waals surface area (Å²) in [5.74, 6) is -0.379. The molecule has 0 saturated heterocycles. The van der Waals surface area contributed by atoms with E-state index in [1.165, 1.54) is 49.6 Å². The minimum atomic E-state index is -4.22. The molecule has 0 bridgehead atoms. The lowest BCUT2D eigenvalue weighted by atomic mass is 10.1. The molecule has 0 spiro atoms. The number of hydroxylamine groups is 1. The van der Waals surface area contributed by atoms with Gasteiger partial charge in [0.1, 0.15) is 23.8 Å². The molecule has 0 atom stereocenters. The fourth-order valence-corrected chi connectivity index (χ4v) is 4.69. The molecule has 10 heteroatoms. The Kier molecular flexibility index (Phi) is 7.88. The van der Waals surface area contributed by atoms with Crippen molar-refractivity contribution in [1.82, 2.24) is 5.48 Å². The standard InChI is InChI=1S/C23H24N2O7S/c1-31-18-10-12-19(13-11-18)33(29,30)25(16-17-6-3-2-4-7-17)22-20(23(27)24-28)8-5-9-21(22)32-15-14-26/h2-13,26,28H,14-16H2,1H3,(H,24,27). The third-order valence-corrected chi connectivity index (χ3v) is 6.52. The molecule has 0 unspecified atom stereocenters. The Labute approximate surface area is 191 Å². The molecule has 9 nitrogen and oxygen atoms in total. The van der Waals surface area contributed by atoms with E-state index in [4.69, 9.17) is 9.47 Å².